The summed E-state index contributed by atoms with van der Waals surface area (Å²) >= 11 is 0. The minimum atomic E-state index is 0.0775. The molecular weight excluding hydrogens is 274 g/mol. The Hall–Kier alpha value is -2.02. The Morgan fingerprint density at radius 3 is 2.41 bits per heavy atom. The lowest BCUT2D eigenvalue weighted by Gasteiger charge is -2.21. The van der Waals surface area contributed by atoms with Crippen LogP contribution in [0.2, 0.25) is 0 Å². The zero-order valence-electron chi connectivity index (χ0n) is 14.7. The van der Waals surface area contributed by atoms with Crippen LogP contribution in [0.15, 0.2) is 29.5 Å². The van der Waals surface area contributed by atoms with Gasteiger partial charge in [-0.1, -0.05) is 39.8 Å². The van der Waals surface area contributed by atoms with Crippen molar-refractivity contribution in [2.45, 2.75) is 47.5 Å². The van der Waals surface area contributed by atoms with Gasteiger partial charge in [0.2, 0.25) is 5.91 Å². The Kier molecular flexibility index (Phi) is 15.6. The molecule has 0 bridgehead atoms. The van der Waals surface area contributed by atoms with E-state index in [1.165, 1.54) is 0 Å². The molecule has 22 heavy (non-hydrogen) atoms. The second-order valence-corrected chi connectivity index (χ2v) is 5.06. The Labute approximate surface area is 136 Å². The third kappa shape index (κ3) is 13.0. The van der Waals surface area contributed by atoms with Gasteiger partial charge in [0.25, 0.3) is 0 Å². The lowest BCUT2D eigenvalue weighted by molar-refractivity contribution is -0.128. The highest BCUT2D eigenvalue weighted by atomic mass is 16.2. The molecule has 0 aliphatic carbocycles. The van der Waals surface area contributed by atoms with Crippen LogP contribution in [-0.2, 0) is 4.79 Å². The maximum Gasteiger partial charge on any atom is 0.219 e. The van der Waals surface area contributed by atoms with Gasteiger partial charge in [0.15, 0.2) is 0 Å². The molecule has 0 aromatic rings. The number of amidine groups is 1. The van der Waals surface area contributed by atoms with Crippen LogP contribution in [-0.4, -0.2) is 29.7 Å². The highest BCUT2D eigenvalue weighted by molar-refractivity contribution is 5.88. The van der Waals surface area contributed by atoms with Crippen molar-refractivity contribution >= 4 is 11.7 Å². The molecule has 0 saturated carbocycles. The van der Waals surface area contributed by atoms with E-state index in [1.54, 1.807) is 18.0 Å². The largest absolute Gasteiger partial charge is 0.349 e. The molecule has 0 heterocycles. The van der Waals surface area contributed by atoms with Gasteiger partial charge in [-0.2, -0.15) is 0 Å². The van der Waals surface area contributed by atoms with Crippen molar-refractivity contribution in [3.05, 3.63) is 24.6 Å². The minimum absolute atomic E-state index is 0.0775. The summed E-state index contributed by atoms with van der Waals surface area (Å²) in [7, 11) is 0. The molecule has 0 spiro atoms. The molecule has 0 aromatic carbocycles. The Morgan fingerprint density at radius 1 is 1.32 bits per heavy atom. The number of nitrogens with one attached hydrogen (secondary N) is 1. The third-order valence-electron chi connectivity index (χ3n) is 2.58. The van der Waals surface area contributed by atoms with Crippen molar-refractivity contribution in [1.29, 1.82) is 0 Å². The number of terminal acetylenes is 1. The fraction of sp³-hybridized carbons (Fsp3) is 0.556. The highest BCUT2D eigenvalue weighted by Crippen LogP contribution is 1.96. The zero-order valence-corrected chi connectivity index (χ0v) is 14.7. The van der Waals surface area contributed by atoms with Crippen LogP contribution >= 0.6 is 0 Å². The molecule has 0 aliphatic rings. The van der Waals surface area contributed by atoms with E-state index in [0.29, 0.717) is 12.5 Å². The van der Waals surface area contributed by atoms with E-state index in [-0.39, 0.29) is 5.91 Å². The number of rotatable bonds is 8. The predicted molar refractivity (Wildman–Crippen MR) is 96.4 cm³/mol. The smallest absolute Gasteiger partial charge is 0.219 e. The van der Waals surface area contributed by atoms with Crippen LogP contribution in [0, 0.1) is 18.8 Å². The van der Waals surface area contributed by atoms with Gasteiger partial charge in [0.1, 0.15) is 5.84 Å². The molecule has 0 radical (unpaired) electrons. The molecule has 124 valence electrons. The van der Waals surface area contributed by atoms with Gasteiger partial charge in [-0.15, -0.1) is 12.8 Å². The monoisotopic (exact) mass is 305 g/mol. The summed E-state index contributed by atoms with van der Waals surface area (Å²) in [6.45, 7) is 11.2. The van der Waals surface area contributed by atoms with Gasteiger partial charge in [-0.05, 0) is 25.0 Å². The number of carbonyl (C=O) groups is 1. The molecule has 0 rings (SSSR count). The minimum Gasteiger partial charge on any atom is -0.349 e. The fourth-order valence-corrected chi connectivity index (χ4v) is 1.51. The topological polar surface area (TPSA) is 44.7 Å². The van der Waals surface area contributed by atoms with E-state index in [1.807, 2.05) is 12.3 Å². The van der Waals surface area contributed by atoms with Gasteiger partial charge in [0.05, 0.1) is 6.54 Å². The number of aliphatic imine (C=N–C) groups is 1. The first kappa shape index (κ1) is 22.3. The average molecular weight is 305 g/mol. The number of hydrogen-bond donors (Lipinski definition) is 1. The van der Waals surface area contributed by atoms with Crippen molar-refractivity contribution in [1.82, 2.24) is 10.2 Å². The van der Waals surface area contributed by atoms with Crippen LogP contribution in [0.5, 0.6) is 0 Å². The standard InChI is InChI=1S/C16H29N3O.C2H2/c1-6-8-10-17-16(18-11-9-14(3)4)13-19(12-7-2)15(5)20;1-2/h8-11,14H,6-7,12-13H2,1-5H3,(H,17,18);1-2H/b10-8+,11-9+;. The van der Waals surface area contributed by atoms with Crippen LogP contribution < -0.4 is 5.32 Å². The third-order valence-corrected chi connectivity index (χ3v) is 2.58. The van der Waals surface area contributed by atoms with Crippen molar-refractivity contribution < 1.29 is 4.79 Å². The lowest BCUT2D eigenvalue weighted by Crippen LogP contribution is -2.38. The molecule has 0 saturated heterocycles. The first-order valence-corrected chi connectivity index (χ1v) is 7.74. The quantitative estimate of drug-likeness (QED) is 0.423. The van der Waals surface area contributed by atoms with Crippen LogP contribution in [0.1, 0.15) is 47.5 Å². The molecule has 1 N–H and O–H groups in total. The van der Waals surface area contributed by atoms with Gasteiger partial charge < -0.3 is 10.2 Å². The Balaban J connectivity index is 0. The second kappa shape index (κ2) is 15.4. The van der Waals surface area contributed by atoms with Crippen molar-refractivity contribution in [3.63, 3.8) is 0 Å². The molecule has 4 heteroatoms. The van der Waals surface area contributed by atoms with Crippen molar-refractivity contribution in [2.75, 3.05) is 13.1 Å². The van der Waals surface area contributed by atoms with E-state index < -0.39 is 0 Å². The first-order chi connectivity index (χ1) is 10.5. The molecule has 0 atom stereocenters. The van der Waals surface area contributed by atoms with Gasteiger partial charge in [-0.25, -0.2) is 4.99 Å². The fourth-order valence-electron chi connectivity index (χ4n) is 1.51. The maximum absolute atomic E-state index is 11.6. The SMILES string of the molecule is C#C.CC/C=C/N=C(CN(CCC)C(C)=O)N/C=C/C(C)C. The van der Waals surface area contributed by atoms with E-state index in [0.717, 1.165) is 25.2 Å². The molecular formula is C18H31N3O. The van der Waals surface area contributed by atoms with Crippen molar-refractivity contribution in [2.24, 2.45) is 10.9 Å². The number of carbonyl (C=O) groups excluding carboxylic acids is 1. The number of amides is 1. The second-order valence-electron chi connectivity index (χ2n) is 5.06. The van der Waals surface area contributed by atoms with Gasteiger partial charge >= 0.3 is 0 Å². The normalized spacial score (nSPS) is 11.5. The summed E-state index contributed by atoms with van der Waals surface area (Å²) in [6, 6.07) is 0. The number of nitrogens with zero attached hydrogens (tertiary/aromatic N) is 2. The van der Waals surface area contributed by atoms with Gasteiger partial charge in [-0.3, -0.25) is 4.79 Å². The summed E-state index contributed by atoms with van der Waals surface area (Å²) in [6.07, 6.45) is 17.6. The molecule has 4 nitrogen and oxygen atoms in total. The molecule has 0 unspecified atom stereocenters. The Bertz CT molecular complexity index is 392. The van der Waals surface area contributed by atoms with Gasteiger partial charge in [0, 0.05) is 19.7 Å². The summed E-state index contributed by atoms with van der Waals surface area (Å²) in [5, 5.41) is 3.18. The summed E-state index contributed by atoms with van der Waals surface area (Å²) in [5.74, 6) is 1.35. The zero-order chi connectivity index (χ0) is 17.4. The van der Waals surface area contributed by atoms with E-state index >= 15 is 0 Å². The highest BCUT2D eigenvalue weighted by Gasteiger charge is 2.10. The Morgan fingerprint density at radius 2 is 1.95 bits per heavy atom. The lowest BCUT2D eigenvalue weighted by atomic mass is 10.2. The van der Waals surface area contributed by atoms with Crippen LogP contribution in [0.3, 0.4) is 0 Å². The number of allylic oxidation sites excluding steroid dienone is 2. The first-order valence-electron chi connectivity index (χ1n) is 7.74. The average Bonchev–Trinajstić information content (AvgIpc) is 2.48. The van der Waals surface area contributed by atoms with Crippen LogP contribution in [0.25, 0.3) is 0 Å². The van der Waals surface area contributed by atoms with E-state index in [2.05, 4.69) is 56.9 Å². The molecule has 0 fully saturated rings. The molecule has 1 amide bonds. The predicted octanol–water partition coefficient (Wildman–Crippen LogP) is 3.58. The summed E-state index contributed by atoms with van der Waals surface area (Å²) < 4.78 is 0. The summed E-state index contributed by atoms with van der Waals surface area (Å²) in [4.78, 5) is 17.8. The van der Waals surface area contributed by atoms with E-state index in [4.69, 9.17) is 0 Å². The molecule has 0 aromatic heterocycles. The summed E-state index contributed by atoms with van der Waals surface area (Å²) in [5.41, 5.74) is 0. The maximum atomic E-state index is 11.6. The molecule has 0 aliphatic heterocycles. The number of hydrogen-bond acceptors (Lipinski definition) is 2. The van der Waals surface area contributed by atoms with E-state index in [9.17, 15) is 4.79 Å². The van der Waals surface area contributed by atoms with Crippen LogP contribution in [0.4, 0.5) is 0 Å². The van der Waals surface area contributed by atoms with Crippen molar-refractivity contribution in [3.8, 4) is 12.8 Å².